The summed E-state index contributed by atoms with van der Waals surface area (Å²) in [5.41, 5.74) is 0.905. The van der Waals surface area contributed by atoms with E-state index in [-0.39, 0.29) is 36.6 Å². The molecule has 2 N–H and O–H groups in total. The molecule has 2 heterocycles. The van der Waals surface area contributed by atoms with Crippen molar-refractivity contribution in [2.24, 2.45) is 17.8 Å². The third-order valence-corrected chi connectivity index (χ3v) is 9.90. The molecular weight excluding hydrogens is 555 g/mol. The number of carboxylic acids is 1. The summed E-state index contributed by atoms with van der Waals surface area (Å²) < 4.78 is 10.6. The smallest absolute Gasteiger partial charge is 0.305 e. The van der Waals surface area contributed by atoms with Gasteiger partial charge in [0.2, 0.25) is 17.6 Å². The summed E-state index contributed by atoms with van der Waals surface area (Å²) in [6, 6.07) is 2.94. The molecule has 39 heavy (non-hydrogen) atoms. The first-order valence-corrected chi connectivity index (χ1v) is 13.0. The molecule has 11 nitrogen and oxygen atoms in total. The number of aliphatic carboxylic acids is 1. The average Bonchev–Trinajstić information content (AvgIpc) is 3.22. The number of hydrogen-bond donors (Lipinski definition) is 2. The predicted molar refractivity (Wildman–Crippen MR) is 136 cm³/mol. The van der Waals surface area contributed by atoms with Crippen molar-refractivity contribution in [2.75, 3.05) is 27.8 Å². The fraction of sp³-hybridized carbons (Fsp3) is 0.500. The number of methoxy groups -OCH3 is 2. The van der Waals surface area contributed by atoms with Crippen LogP contribution < -0.4 is 9.47 Å². The van der Waals surface area contributed by atoms with Gasteiger partial charge in [0.25, 0.3) is 11.8 Å². The molecule has 1 saturated carbocycles. The summed E-state index contributed by atoms with van der Waals surface area (Å²) in [7, 11) is 3.95. The maximum absolute atomic E-state index is 13.6. The Balaban J connectivity index is 1.70. The highest BCUT2D eigenvalue weighted by Crippen LogP contribution is 2.65. The van der Waals surface area contributed by atoms with E-state index in [4.69, 9.17) is 37.8 Å². The molecule has 1 aromatic rings. The number of carboxylic acid groups (broad SMARTS) is 1. The van der Waals surface area contributed by atoms with Crippen LogP contribution in [0.2, 0.25) is 0 Å². The second-order valence-corrected chi connectivity index (χ2v) is 11.5. The highest BCUT2D eigenvalue weighted by molar-refractivity contribution is 6.53. The molecule has 2 saturated heterocycles. The number of hydrogen-bond acceptors (Lipinski definition) is 8. The van der Waals surface area contributed by atoms with E-state index < -0.39 is 69.4 Å². The van der Waals surface area contributed by atoms with Gasteiger partial charge in [-0.3, -0.25) is 33.8 Å². The lowest BCUT2D eigenvalue weighted by Crippen LogP contribution is -2.60. The zero-order valence-electron chi connectivity index (χ0n) is 21.3. The maximum atomic E-state index is 13.6. The summed E-state index contributed by atoms with van der Waals surface area (Å²) in [6.07, 6.45) is 1.31. The van der Waals surface area contributed by atoms with Gasteiger partial charge in [0.15, 0.2) is 21.2 Å². The van der Waals surface area contributed by atoms with Gasteiger partial charge in [-0.1, -0.05) is 11.6 Å². The van der Waals surface area contributed by atoms with E-state index in [1.54, 1.807) is 6.08 Å². The summed E-state index contributed by atoms with van der Waals surface area (Å²) in [4.78, 5) is 62.8. The van der Waals surface area contributed by atoms with E-state index in [0.29, 0.717) is 11.1 Å². The average molecular weight is 581 g/mol. The second kappa shape index (κ2) is 9.12. The lowest BCUT2D eigenvalue weighted by molar-refractivity contribution is -0.143. The number of fused-ring (bicyclic) bond motifs is 4. The van der Waals surface area contributed by atoms with Gasteiger partial charge < -0.3 is 19.7 Å². The highest BCUT2D eigenvalue weighted by atomic mass is 35.5. The molecule has 0 spiro atoms. The molecule has 208 valence electrons. The van der Waals surface area contributed by atoms with Crippen molar-refractivity contribution in [3.8, 4) is 17.2 Å². The number of nitrogens with zero attached hydrogens (tertiary/aromatic N) is 2. The minimum atomic E-state index is -2.00. The molecule has 0 bridgehead atoms. The predicted octanol–water partition coefficient (Wildman–Crippen LogP) is 1.87. The SMILES string of the molecule is COc1cc([C@H]2C3=CC[C@@H]4C(=O)N(CCC(=O)O)C(=O)[C@@H]4[C@@H]3C[C@@]3(Cl)C(=O)N(C)C(=O)[C@@]23Cl)cc(OC)c1O. The topological polar surface area (TPSA) is 151 Å². The van der Waals surface area contributed by atoms with Gasteiger partial charge in [-0.25, -0.2) is 0 Å². The fourth-order valence-electron chi connectivity index (χ4n) is 6.69. The van der Waals surface area contributed by atoms with Gasteiger partial charge >= 0.3 is 5.97 Å². The van der Waals surface area contributed by atoms with Crippen LogP contribution in [-0.2, 0) is 24.0 Å². The molecule has 4 aliphatic rings. The van der Waals surface area contributed by atoms with Crippen molar-refractivity contribution in [1.29, 1.82) is 0 Å². The van der Waals surface area contributed by atoms with Crippen molar-refractivity contribution in [3.05, 3.63) is 29.3 Å². The van der Waals surface area contributed by atoms with E-state index in [9.17, 15) is 29.1 Å². The molecule has 3 fully saturated rings. The van der Waals surface area contributed by atoms with Crippen LogP contribution in [-0.4, -0.2) is 87.2 Å². The number of phenols is 1. The summed E-state index contributed by atoms with van der Waals surface area (Å²) in [5.74, 6) is -7.36. The van der Waals surface area contributed by atoms with Crippen molar-refractivity contribution < 1.29 is 43.7 Å². The van der Waals surface area contributed by atoms with Gasteiger partial charge in [-0.2, -0.15) is 0 Å². The number of ether oxygens (including phenoxy) is 2. The van der Waals surface area contributed by atoms with Crippen molar-refractivity contribution in [2.45, 2.75) is 34.9 Å². The lowest BCUT2D eigenvalue weighted by atomic mass is 9.56. The Labute approximate surface area is 233 Å². The van der Waals surface area contributed by atoms with Crippen LogP contribution in [0.15, 0.2) is 23.8 Å². The number of amides is 4. The minimum absolute atomic E-state index is 0.0262. The van der Waals surface area contributed by atoms with Gasteiger partial charge in [-0.15, -0.1) is 23.2 Å². The van der Waals surface area contributed by atoms with Crippen LogP contribution >= 0.6 is 23.2 Å². The van der Waals surface area contributed by atoms with E-state index in [1.165, 1.54) is 33.4 Å². The van der Waals surface area contributed by atoms with Crippen LogP contribution in [0.1, 0.15) is 30.7 Å². The number of carbonyl (C=O) groups is 5. The fourth-order valence-corrected chi connectivity index (χ4v) is 7.71. The Bertz CT molecular complexity index is 1340. The monoisotopic (exact) mass is 580 g/mol. The molecule has 13 heteroatoms. The summed E-state index contributed by atoms with van der Waals surface area (Å²) in [6.45, 7) is -0.274. The summed E-state index contributed by atoms with van der Waals surface area (Å²) in [5, 5.41) is 19.6. The number of alkyl halides is 2. The Morgan fingerprint density at radius 3 is 2.23 bits per heavy atom. The molecule has 2 aliphatic heterocycles. The third-order valence-electron chi connectivity index (χ3n) is 8.49. The first-order valence-electron chi connectivity index (χ1n) is 12.3. The van der Waals surface area contributed by atoms with Crippen molar-refractivity contribution >= 4 is 52.8 Å². The van der Waals surface area contributed by atoms with E-state index in [0.717, 1.165) is 9.80 Å². The van der Waals surface area contributed by atoms with Crippen LogP contribution in [0.25, 0.3) is 0 Å². The van der Waals surface area contributed by atoms with Gasteiger partial charge in [0, 0.05) is 19.5 Å². The molecule has 6 atom stereocenters. The highest BCUT2D eigenvalue weighted by Gasteiger charge is 2.75. The van der Waals surface area contributed by atoms with Crippen molar-refractivity contribution in [3.63, 3.8) is 0 Å². The number of rotatable bonds is 6. The van der Waals surface area contributed by atoms with E-state index in [1.807, 2.05) is 0 Å². The molecular formula is C26H26Cl2N2O9. The first-order chi connectivity index (χ1) is 18.3. The van der Waals surface area contributed by atoms with Gasteiger partial charge in [-0.05, 0) is 36.5 Å². The first kappa shape index (κ1) is 27.3. The maximum Gasteiger partial charge on any atom is 0.305 e. The Kier molecular flexibility index (Phi) is 6.38. The quantitative estimate of drug-likeness (QED) is 0.292. The van der Waals surface area contributed by atoms with Crippen LogP contribution in [0, 0.1) is 17.8 Å². The molecule has 5 rings (SSSR count). The standard InChI is InChI=1S/C26H26Cl2N2O9/c1-29-23(36)25(27)10-14-12(4-5-13-18(14)22(35)30(21(13)34)7-6-17(31)32)19(26(25,28)24(29)37)11-8-15(38-2)20(33)16(9-11)39-3/h4,8-9,13-14,18-19,33H,5-7,10H2,1-3H3,(H,31,32)/t13-,14+,18-,19-,25+,26-/m0/s1. The zero-order chi connectivity index (χ0) is 28.6. The lowest BCUT2D eigenvalue weighted by Gasteiger charge is -2.50. The molecule has 1 aromatic carbocycles. The summed E-state index contributed by atoms with van der Waals surface area (Å²) >= 11 is 14.2. The van der Waals surface area contributed by atoms with Crippen molar-refractivity contribution in [1.82, 2.24) is 9.80 Å². The Morgan fingerprint density at radius 2 is 1.67 bits per heavy atom. The number of carbonyl (C=O) groups excluding carboxylic acids is 4. The molecule has 0 radical (unpaired) electrons. The largest absolute Gasteiger partial charge is 0.502 e. The zero-order valence-corrected chi connectivity index (χ0v) is 22.8. The molecule has 0 unspecified atom stereocenters. The third kappa shape index (κ3) is 3.52. The number of benzene rings is 1. The number of allylic oxidation sites excluding steroid dienone is 2. The number of phenolic OH excluding ortho intramolecular Hbond substituents is 1. The number of halogens is 2. The molecule has 2 aliphatic carbocycles. The van der Waals surface area contributed by atoms with E-state index in [2.05, 4.69) is 0 Å². The van der Waals surface area contributed by atoms with Gasteiger partial charge in [0.1, 0.15) is 0 Å². The Morgan fingerprint density at radius 1 is 1.05 bits per heavy atom. The van der Waals surface area contributed by atoms with E-state index >= 15 is 0 Å². The number of aromatic hydroxyl groups is 1. The van der Waals surface area contributed by atoms with Gasteiger partial charge in [0.05, 0.1) is 32.5 Å². The minimum Gasteiger partial charge on any atom is -0.502 e. The normalized spacial score (nSPS) is 33.5. The van der Waals surface area contributed by atoms with Crippen LogP contribution in [0.5, 0.6) is 17.2 Å². The molecule has 0 aromatic heterocycles. The van der Waals surface area contributed by atoms with Crippen LogP contribution in [0.3, 0.4) is 0 Å². The Hall–Kier alpha value is -3.31. The molecule has 4 amide bonds. The number of likely N-dealkylation sites (tertiary alicyclic amines) is 2. The van der Waals surface area contributed by atoms with Crippen LogP contribution in [0.4, 0.5) is 0 Å². The second-order valence-electron chi connectivity index (χ2n) is 10.2. The number of imide groups is 2.